The second-order valence-electron chi connectivity index (χ2n) is 5.95. The Labute approximate surface area is 169 Å². The molecule has 2 N–H and O–H groups in total. The minimum atomic E-state index is -3.88. The number of rotatable bonds is 9. The van der Waals surface area contributed by atoms with E-state index in [1.807, 2.05) is 0 Å². The Kier molecular flexibility index (Phi) is 8.10. The SMILES string of the molecule is COCCNC(=O)C(=O)NC[C@H](c1cccnc1)S(=O)(=O)c1ccc(OC)cc1. The van der Waals surface area contributed by atoms with E-state index in [0.29, 0.717) is 11.3 Å². The van der Waals surface area contributed by atoms with Gasteiger partial charge in [-0.25, -0.2) is 8.42 Å². The molecule has 29 heavy (non-hydrogen) atoms. The highest BCUT2D eigenvalue weighted by molar-refractivity contribution is 7.91. The first-order chi connectivity index (χ1) is 13.9. The first-order valence-corrected chi connectivity index (χ1v) is 10.3. The topological polar surface area (TPSA) is 124 Å². The Morgan fingerprint density at radius 1 is 1.07 bits per heavy atom. The Balaban J connectivity index is 2.21. The van der Waals surface area contributed by atoms with Gasteiger partial charge in [0.1, 0.15) is 11.0 Å². The van der Waals surface area contributed by atoms with Crippen molar-refractivity contribution in [2.75, 3.05) is 33.9 Å². The molecule has 10 heteroatoms. The fourth-order valence-corrected chi connectivity index (χ4v) is 4.16. The summed E-state index contributed by atoms with van der Waals surface area (Å²) in [6.45, 7) is 0.124. The van der Waals surface area contributed by atoms with Crippen molar-refractivity contribution in [2.24, 2.45) is 0 Å². The molecule has 0 aliphatic rings. The number of carbonyl (C=O) groups excluding carboxylic acids is 2. The summed E-state index contributed by atoms with van der Waals surface area (Å²) in [5.74, 6) is -1.28. The highest BCUT2D eigenvalue weighted by Crippen LogP contribution is 2.29. The van der Waals surface area contributed by atoms with Gasteiger partial charge in [0.2, 0.25) is 0 Å². The number of nitrogens with one attached hydrogen (secondary N) is 2. The fraction of sp³-hybridized carbons (Fsp3) is 0.316. The van der Waals surface area contributed by atoms with Crippen LogP contribution < -0.4 is 15.4 Å². The van der Waals surface area contributed by atoms with E-state index in [9.17, 15) is 18.0 Å². The third-order valence-corrected chi connectivity index (χ3v) is 6.18. The van der Waals surface area contributed by atoms with Crippen molar-refractivity contribution in [2.45, 2.75) is 10.1 Å². The number of aromatic nitrogens is 1. The maximum Gasteiger partial charge on any atom is 0.309 e. The lowest BCUT2D eigenvalue weighted by molar-refractivity contribution is -0.139. The van der Waals surface area contributed by atoms with E-state index in [1.165, 1.54) is 50.9 Å². The molecule has 156 valence electrons. The van der Waals surface area contributed by atoms with Crippen LogP contribution in [0.15, 0.2) is 53.7 Å². The van der Waals surface area contributed by atoms with Crippen LogP contribution in [0.5, 0.6) is 5.75 Å². The summed E-state index contributed by atoms with van der Waals surface area (Å²) in [6, 6.07) is 9.13. The summed E-state index contributed by atoms with van der Waals surface area (Å²) in [6.07, 6.45) is 2.93. The standard InChI is InChI=1S/C19H23N3O6S/c1-27-11-10-21-18(23)19(24)22-13-17(14-4-3-9-20-12-14)29(25,26)16-7-5-15(28-2)6-8-16/h3-9,12,17H,10-11,13H2,1-2H3,(H,21,23)(H,22,24)/t17-/m1/s1. The van der Waals surface area contributed by atoms with Gasteiger partial charge < -0.3 is 20.1 Å². The predicted molar refractivity (Wildman–Crippen MR) is 105 cm³/mol. The number of sulfone groups is 1. The number of amides is 2. The van der Waals surface area contributed by atoms with E-state index in [0.717, 1.165) is 0 Å². The monoisotopic (exact) mass is 421 g/mol. The molecule has 0 aliphatic carbocycles. The van der Waals surface area contributed by atoms with E-state index in [4.69, 9.17) is 9.47 Å². The number of hydrogen-bond donors (Lipinski definition) is 2. The highest BCUT2D eigenvalue weighted by Gasteiger charge is 2.30. The Hall–Kier alpha value is -2.98. The Morgan fingerprint density at radius 2 is 1.76 bits per heavy atom. The van der Waals surface area contributed by atoms with Crippen LogP contribution in [0, 0.1) is 0 Å². The lowest BCUT2D eigenvalue weighted by atomic mass is 10.2. The van der Waals surface area contributed by atoms with E-state index in [-0.39, 0.29) is 24.6 Å². The molecule has 2 aromatic rings. The third-order valence-electron chi connectivity index (χ3n) is 4.06. The first-order valence-electron chi connectivity index (χ1n) is 8.73. The van der Waals surface area contributed by atoms with Crippen molar-refractivity contribution >= 4 is 21.7 Å². The van der Waals surface area contributed by atoms with Crippen molar-refractivity contribution in [3.63, 3.8) is 0 Å². The van der Waals surface area contributed by atoms with Crippen molar-refractivity contribution in [1.82, 2.24) is 15.6 Å². The second kappa shape index (κ2) is 10.5. The van der Waals surface area contributed by atoms with Gasteiger partial charge in [-0.15, -0.1) is 0 Å². The average Bonchev–Trinajstić information content (AvgIpc) is 2.74. The van der Waals surface area contributed by atoms with Crippen LogP contribution in [0.2, 0.25) is 0 Å². The Morgan fingerprint density at radius 3 is 2.34 bits per heavy atom. The summed E-state index contributed by atoms with van der Waals surface area (Å²) in [7, 11) is -0.935. The molecule has 0 fully saturated rings. The van der Waals surface area contributed by atoms with Gasteiger partial charge in [0.05, 0.1) is 18.6 Å². The van der Waals surface area contributed by atoms with Gasteiger partial charge in [-0.2, -0.15) is 0 Å². The van der Waals surface area contributed by atoms with E-state index < -0.39 is 26.9 Å². The molecule has 0 saturated heterocycles. The van der Waals surface area contributed by atoms with Gasteiger partial charge in [-0.1, -0.05) is 6.07 Å². The molecule has 0 saturated carbocycles. The smallest absolute Gasteiger partial charge is 0.309 e. The third kappa shape index (κ3) is 6.00. The largest absolute Gasteiger partial charge is 0.497 e. The lowest BCUT2D eigenvalue weighted by Crippen LogP contribution is -2.43. The van der Waals surface area contributed by atoms with Crippen molar-refractivity contribution in [1.29, 1.82) is 0 Å². The maximum absolute atomic E-state index is 13.2. The molecule has 0 aliphatic heterocycles. The zero-order valence-electron chi connectivity index (χ0n) is 16.1. The molecule has 1 atom stereocenters. The van der Waals surface area contributed by atoms with Crippen LogP contribution in [0.4, 0.5) is 0 Å². The molecule has 9 nitrogen and oxygen atoms in total. The van der Waals surface area contributed by atoms with Crippen LogP contribution in [0.25, 0.3) is 0 Å². The second-order valence-corrected chi connectivity index (χ2v) is 8.08. The maximum atomic E-state index is 13.2. The van der Waals surface area contributed by atoms with Gasteiger partial charge in [0.15, 0.2) is 9.84 Å². The van der Waals surface area contributed by atoms with Gasteiger partial charge in [-0.3, -0.25) is 14.6 Å². The number of nitrogens with zero attached hydrogens (tertiary/aromatic N) is 1. The summed E-state index contributed by atoms with van der Waals surface area (Å²) in [5, 5.41) is 3.64. The minimum absolute atomic E-state index is 0.0611. The molecule has 1 aromatic carbocycles. The number of methoxy groups -OCH3 is 2. The zero-order valence-corrected chi connectivity index (χ0v) is 16.9. The summed E-state index contributed by atoms with van der Waals surface area (Å²) >= 11 is 0. The average molecular weight is 421 g/mol. The van der Waals surface area contributed by atoms with Crippen molar-refractivity contribution in [3.8, 4) is 5.75 Å². The van der Waals surface area contributed by atoms with E-state index >= 15 is 0 Å². The number of benzene rings is 1. The molecule has 0 spiro atoms. The van der Waals surface area contributed by atoms with Crippen LogP contribution >= 0.6 is 0 Å². The number of carbonyl (C=O) groups is 2. The Bertz CT molecular complexity index is 917. The predicted octanol–water partition coefficient (Wildman–Crippen LogP) is 0.484. The number of pyridine rings is 1. The molecular formula is C19H23N3O6S. The fourth-order valence-electron chi connectivity index (χ4n) is 2.52. The number of hydrogen-bond acceptors (Lipinski definition) is 7. The van der Waals surface area contributed by atoms with Crippen LogP contribution in [-0.4, -0.2) is 59.1 Å². The van der Waals surface area contributed by atoms with Crippen molar-refractivity contribution < 1.29 is 27.5 Å². The normalized spacial score (nSPS) is 12.1. The molecule has 1 aromatic heterocycles. The molecule has 2 rings (SSSR count). The van der Waals surface area contributed by atoms with Gasteiger partial charge in [0.25, 0.3) is 0 Å². The van der Waals surface area contributed by atoms with Crippen LogP contribution in [-0.2, 0) is 24.2 Å². The molecule has 0 unspecified atom stereocenters. The molecule has 0 bridgehead atoms. The first kappa shape index (κ1) is 22.3. The number of ether oxygens (including phenoxy) is 2. The molecular weight excluding hydrogens is 398 g/mol. The van der Waals surface area contributed by atoms with Gasteiger partial charge in [-0.05, 0) is 35.9 Å². The van der Waals surface area contributed by atoms with Crippen molar-refractivity contribution in [3.05, 3.63) is 54.4 Å². The van der Waals surface area contributed by atoms with Gasteiger partial charge >= 0.3 is 11.8 Å². The summed E-state index contributed by atoms with van der Waals surface area (Å²) in [4.78, 5) is 27.9. The quantitative estimate of drug-likeness (QED) is 0.446. The molecule has 0 radical (unpaired) electrons. The van der Waals surface area contributed by atoms with E-state index in [1.54, 1.807) is 12.1 Å². The zero-order chi connectivity index (χ0) is 21.3. The van der Waals surface area contributed by atoms with Crippen LogP contribution in [0.1, 0.15) is 10.8 Å². The lowest BCUT2D eigenvalue weighted by Gasteiger charge is -2.19. The summed E-state index contributed by atoms with van der Waals surface area (Å²) < 4.78 is 36.2. The highest BCUT2D eigenvalue weighted by atomic mass is 32.2. The van der Waals surface area contributed by atoms with Gasteiger partial charge in [0, 0.05) is 32.6 Å². The minimum Gasteiger partial charge on any atom is -0.497 e. The van der Waals surface area contributed by atoms with E-state index in [2.05, 4.69) is 15.6 Å². The van der Waals surface area contributed by atoms with Crippen LogP contribution in [0.3, 0.4) is 0 Å². The molecule has 1 heterocycles. The molecule has 2 amide bonds. The summed E-state index contributed by atoms with van der Waals surface area (Å²) in [5.41, 5.74) is 0.392.